The Kier molecular flexibility index (Phi) is 5.26. The van der Waals surface area contributed by atoms with Gasteiger partial charge in [-0.05, 0) is 47.6 Å². The maximum absolute atomic E-state index is 12.3. The number of carbonyl (C=O) groups is 2. The van der Waals surface area contributed by atoms with Crippen molar-refractivity contribution >= 4 is 12.2 Å². The molecule has 8 nitrogen and oxygen atoms in total. The Bertz CT molecular complexity index is 663. The van der Waals surface area contributed by atoms with Crippen LogP contribution in [0.2, 0.25) is 0 Å². The number of carbonyl (C=O) groups excluding carboxylic acids is 2. The topological polar surface area (TPSA) is 85.7 Å². The molecule has 0 aliphatic carbocycles. The van der Waals surface area contributed by atoms with E-state index in [-0.39, 0.29) is 6.09 Å². The molecule has 1 aromatic heterocycles. The van der Waals surface area contributed by atoms with Crippen molar-refractivity contribution in [2.24, 2.45) is 7.05 Å². The number of likely N-dealkylation sites (tertiary alicyclic amines) is 1. The molecule has 0 aromatic carbocycles. The summed E-state index contributed by atoms with van der Waals surface area (Å²) in [5.41, 5.74) is -0.930. The Labute approximate surface area is 154 Å². The van der Waals surface area contributed by atoms with Gasteiger partial charge in [-0.25, -0.2) is 9.59 Å². The normalized spacial score (nSPS) is 16.7. The van der Waals surface area contributed by atoms with Gasteiger partial charge in [-0.2, -0.15) is 5.10 Å². The zero-order valence-corrected chi connectivity index (χ0v) is 16.8. The molecule has 1 fully saturated rings. The van der Waals surface area contributed by atoms with E-state index in [0.717, 1.165) is 5.69 Å². The number of aryl methyl sites for hydroxylation is 1. The van der Waals surface area contributed by atoms with E-state index in [1.807, 2.05) is 60.9 Å². The molecule has 2 rings (SSSR count). The highest BCUT2D eigenvalue weighted by Gasteiger charge is 2.48. The average Bonchev–Trinajstić information content (AvgIpc) is 2.75. The van der Waals surface area contributed by atoms with Crippen LogP contribution in [-0.4, -0.2) is 56.7 Å². The molecule has 0 saturated carbocycles. The van der Waals surface area contributed by atoms with Crippen LogP contribution >= 0.6 is 0 Å². The summed E-state index contributed by atoms with van der Waals surface area (Å²) < 4.78 is 12.5. The van der Waals surface area contributed by atoms with E-state index in [2.05, 4.69) is 10.4 Å². The first kappa shape index (κ1) is 20.1. The van der Waals surface area contributed by atoms with Crippen LogP contribution in [0.4, 0.5) is 9.59 Å². The van der Waals surface area contributed by atoms with Crippen LogP contribution in [0, 0.1) is 0 Å². The molecular formula is C18H30N4O4. The summed E-state index contributed by atoms with van der Waals surface area (Å²) in [7, 11) is 1.84. The number of ether oxygens (including phenoxy) is 2. The van der Waals surface area contributed by atoms with Crippen LogP contribution in [0.1, 0.15) is 47.2 Å². The molecule has 146 valence electrons. The minimum absolute atomic E-state index is 0.345. The Morgan fingerprint density at radius 3 is 2.19 bits per heavy atom. The zero-order chi connectivity index (χ0) is 19.8. The molecule has 1 aliphatic heterocycles. The number of amides is 2. The lowest BCUT2D eigenvalue weighted by atomic mass is 9.85. The predicted octanol–water partition coefficient (Wildman–Crippen LogP) is 2.48. The molecule has 1 N–H and O–H groups in total. The van der Waals surface area contributed by atoms with Crippen molar-refractivity contribution in [2.75, 3.05) is 13.1 Å². The van der Waals surface area contributed by atoms with Crippen molar-refractivity contribution in [2.45, 2.75) is 64.7 Å². The van der Waals surface area contributed by atoms with Crippen molar-refractivity contribution in [3.63, 3.8) is 0 Å². The van der Waals surface area contributed by atoms with Gasteiger partial charge in [-0.1, -0.05) is 0 Å². The number of aromatic nitrogens is 2. The van der Waals surface area contributed by atoms with Gasteiger partial charge >= 0.3 is 12.2 Å². The van der Waals surface area contributed by atoms with Crippen molar-refractivity contribution < 1.29 is 19.1 Å². The summed E-state index contributed by atoms with van der Waals surface area (Å²) >= 11 is 0. The van der Waals surface area contributed by atoms with Gasteiger partial charge in [0.25, 0.3) is 0 Å². The second-order valence-corrected chi connectivity index (χ2v) is 8.90. The number of hydrogen-bond acceptors (Lipinski definition) is 5. The molecule has 1 aliphatic rings. The van der Waals surface area contributed by atoms with E-state index in [4.69, 9.17) is 9.47 Å². The molecule has 1 aromatic rings. The third-order valence-electron chi connectivity index (χ3n) is 3.69. The van der Waals surface area contributed by atoms with Gasteiger partial charge in [-0.3, -0.25) is 4.68 Å². The molecule has 2 amide bonds. The van der Waals surface area contributed by atoms with E-state index in [9.17, 15) is 9.59 Å². The highest BCUT2D eigenvalue weighted by molar-refractivity contribution is 5.73. The maximum Gasteiger partial charge on any atom is 0.410 e. The molecule has 1 saturated heterocycles. The fourth-order valence-electron chi connectivity index (χ4n) is 2.80. The average molecular weight is 366 g/mol. The lowest BCUT2D eigenvalue weighted by Crippen LogP contribution is -2.72. The first-order valence-corrected chi connectivity index (χ1v) is 8.75. The molecule has 0 spiro atoms. The first-order valence-electron chi connectivity index (χ1n) is 8.75. The summed E-state index contributed by atoms with van der Waals surface area (Å²) in [5.74, 6) is 0. The Morgan fingerprint density at radius 1 is 1.15 bits per heavy atom. The molecule has 0 atom stereocenters. The SMILES string of the molecule is Cn1ccc(CC2(NC(=O)OC(C)(C)C)CN(C(=O)OC(C)(C)C)C2)n1. The zero-order valence-electron chi connectivity index (χ0n) is 16.8. The highest BCUT2D eigenvalue weighted by Crippen LogP contribution is 2.27. The minimum atomic E-state index is -0.617. The largest absolute Gasteiger partial charge is 0.444 e. The summed E-state index contributed by atoms with van der Waals surface area (Å²) in [6.07, 6.45) is 1.46. The maximum atomic E-state index is 12.3. The number of rotatable bonds is 3. The number of alkyl carbamates (subject to hydrolysis) is 1. The third kappa shape index (κ3) is 5.64. The molecule has 0 bridgehead atoms. The van der Waals surface area contributed by atoms with Crippen LogP contribution in [0.15, 0.2) is 12.3 Å². The highest BCUT2D eigenvalue weighted by atomic mass is 16.6. The van der Waals surface area contributed by atoms with E-state index in [1.165, 1.54) is 0 Å². The minimum Gasteiger partial charge on any atom is -0.444 e. The predicted molar refractivity (Wildman–Crippen MR) is 96.8 cm³/mol. The third-order valence-corrected chi connectivity index (χ3v) is 3.69. The molecule has 26 heavy (non-hydrogen) atoms. The van der Waals surface area contributed by atoms with Crippen LogP contribution < -0.4 is 5.32 Å². The van der Waals surface area contributed by atoms with Gasteiger partial charge in [0.1, 0.15) is 11.2 Å². The summed E-state index contributed by atoms with van der Waals surface area (Å²) in [4.78, 5) is 26.1. The van der Waals surface area contributed by atoms with E-state index < -0.39 is 22.8 Å². The second-order valence-electron chi connectivity index (χ2n) is 8.90. The Morgan fingerprint density at radius 2 is 1.73 bits per heavy atom. The van der Waals surface area contributed by atoms with Crippen LogP contribution in [0.25, 0.3) is 0 Å². The van der Waals surface area contributed by atoms with E-state index >= 15 is 0 Å². The van der Waals surface area contributed by atoms with Crippen molar-refractivity contribution in [3.05, 3.63) is 18.0 Å². The quantitative estimate of drug-likeness (QED) is 0.888. The number of hydrogen-bond donors (Lipinski definition) is 1. The first-order chi connectivity index (χ1) is 11.8. The van der Waals surface area contributed by atoms with Gasteiger partial charge < -0.3 is 19.7 Å². The van der Waals surface area contributed by atoms with Gasteiger partial charge in [0.15, 0.2) is 0 Å². The summed E-state index contributed by atoms with van der Waals surface area (Å²) in [6, 6.07) is 1.90. The van der Waals surface area contributed by atoms with Crippen LogP contribution in [-0.2, 0) is 22.9 Å². The molecule has 2 heterocycles. The van der Waals surface area contributed by atoms with Gasteiger partial charge in [0.2, 0.25) is 0 Å². The van der Waals surface area contributed by atoms with Crippen LogP contribution in [0.5, 0.6) is 0 Å². The van der Waals surface area contributed by atoms with Gasteiger partial charge in [0.05, 0.1) is 11.2 Å². The summed E-state index contributed by atoms with van der Waals surface area (Å²) in [5, 5.41) is 7.31. The number of nitrogens with one attached hydrogen (secondary N) is 1. The summed E-state index contributed by atoms with van der Waals surface area (Å²) in [6.45, 7) is 11.6. The molecular weight excluding hydrogens is 336 g/mol. The fourth-order valence-corrected chi connectivity index (χ4v) is 2.80. The van der Waals surface area contributed by atoms with E-state index in [0.29, 0.717) is 19.5 Å². The molecule has 0 unspecified atom stereocenters. The van der Waals surface area contributed by atoms with Crippen molar-refractivity contribution in [1.82, 2.24) is 20.0 Å². The lowest BCUT2D eigenvalue weighted by Gasteiger charge is -2.49. The molecule has 8 heteroatoms. The van der Waals surface area contributed by atoms with Crippen molar-refractivity contribution in [1.29, 1.82) is 0 Å². The smallest absolute Gasteiger partial charge is 0.410 e. The van der Waals surface area contributed by atoms with Gasteiger partial charge in [-0.15, -0.1) is 0 Å². The lowest BCUT2D eigenvalue weighted by molar-refractivity contribution is -0.0217. The standard InChI is InChI=1S/C18H30N4O4/c1-16(2,3)25-14(23)19-18(10-13-8-9-21(7)20-13)11-22(12-18)15(24)26-17(4,5)6/h8-9H,10-12H2,1-7H3,(H,19,23). The Balaban J connectivity index is 2.07. The van der Waals surface area contributed by atoms with Crippen molar-refractivity contribution in [3.8, 4) is 0 Å². The second kappa shape index (κ2) is 6.81. The number of nitrogens with zero attached hydrogens (tertiary/aromatic N) is 3. The molecule has 0 radical (unpaired) electrons. The van der Waals surface area contributed by atoms with Crippen LogP contribution in [0.3, 0.4) is 0 Å². The monoisotopic (exact) mass is 366 g/mol. The van der Waals surface area contributed by atoms with Gasteiger partial charge in [0, 0.05) is 32.8 Å². The fraction of sp³-hybridized carbons (Fsp3) is 0.722. The Hall–Kier alpha value is -2.25. The van der Waals surface area contributed by atoms with E-state index in [1.54, 1.807) is 9.58 Å².